The van der Waals surface area contributed by atoms with Crippen molar-refractivity contribution in [2.24, 2.45) is 5.92 Å². The third kappa shape index (κ3) is 5.49. The lowest BCUT2D eigenvalue weighted by Crippen LogP contribution is -2.19. The molecule has 0 heterocycles. The predicted molar refractivity (Wildman–Crippen MR) is 78.5 cm³/mol. The summed E-state index contributed by atoms with van der Waals surface area (Å²) in [7, 11) is 0. The molecule has 0 bridgehead atoms. The van der Waals surface area contributed by atoms with Crippen molar-refractivity contribution in [1.82, 2.24) is 5.32 Å². The summed E-state index contributed by atoms with van der Waals surface area (Å²) >= 11 is 1.26. The van der Waals surface area contributed by atoms with Crippen LogP contribution >= 0.6 is 11.8 Å². The number of benzene rings is 1. The molecule has 0 saturated heterocycles. The van der Waals surface area contributed by atoms with E-state index in [0.717, 1.165) is 13.0 Å². The minimum atomic E-state index is -0.452. The Labute approximate surface area is 119 Å². The molecular formula is C15H23F2NS. The average molecular weight is 287 g/mol. The highest BCUT2D eigenvalue weighted by Crippen LogP contribution is 2.30. The van der Waals surface area contributed by atoms with Crippen molar-refractivity contribution in [1.29, 1.82) is 0 Å². The summed E-state index contributed by atoms with van der Waals surface area (Å²) in [5, 5.41) is 3.40. The van der Waals surface area contributed by atoms with Crippen molar-refractivity contribution in [2.75, 3.05) is 6.54 Å². The van der Waals surface area contributed by atoms with Crippen LogP contribution in [0.3, 0.4) is 0 Å². The molecule has 0 aromatic heterocycles. The van der Waals surface area contributed by atoms with E-state index in [-0.39, 0.29) is 10.1 Å². The van der Waals surface area contributed by atoms with Crippen LogP contribution in [0.2, 0.25) is 0 Å². The summed E-state index contributed by atoms with van der Waals surface area (Å²) < 4.78 is 27.8. The summed E-state index contributed by atoms with van der Waals surface area (Å²) in [5.41, 5.74) is 0.657. The van der Waals surface area contributed by atoms with Crippen LogP contribution in [0.1, 0.15) is 39.7 Å². The Morgan fingerprint density at radius 2 is 1.74 bits per heavy atom. The number of thioether (sulfide) groups is 1. The Morgan fingerprint density at radius 3 is 2.21 bits per heavy atom. The van der Waals surface area contributed by atoms with Crippen LogP contribution in [0.5, 0.6) is 0 Å². The lowest BCUT2D eigenvalue weighted by Gasteiger charge is -2.12. The van der Waals surface area contributed by atoms with Crippen molar-refractivity contribution >= 4 is 11.8 Å². The van der Waals surface area contributed by atoms with Gasteiger partial charge in [-0.25, -0.2) is 8.78 Å². The van der Waals surface area contributed by atoms with E-state index in [1.807, 2.05) is 13.8 Å². The van der Waals surface area contributed by atoms with Gasteiger partial charge < -0.3 is 5.32 Å². The van der Waals surface area contributed by atoms with Crippen molar-refractivity contribution in [3.8, 4) is 0 Å². The van der Waals surface area contributed by atoms with Crippen LogP contribution in [-0.2, 0) is 6.54 Å². The lowest BCUT2D eigenvalue weighted by atomic mass is 10.2. The Kier molecular flexibility index (Phi) is 6.80. The molecule has 1 nitrogen and oxygen atoms in total. The van der Waals surface area contributed by atoms with E-state index >= 15 is 0 Å². The highest BCUT2D eigenvalue weighted by molar-refractivity contribution is 8.00. The van der Waals surface area contributed by atoms with E-state index in [0.29, 0.717) is 18.0 Å². The third-order valence-corrected chi connectivity index (χ3v) is 4.20. The van der Waals surface area contributed by atoms with E-state index in [1.54, 1.807) is 0 Å². The van der Waals surface area contributed by atoms with Gasteiger partial charge in [-0.2, -0.15) is 0 Å². The monoisotopic (exact) mass is 287 g/mol. The second kappa shape index (κ2) is 7.85. The molecule has 1 unspecified atom stereocenters. The second-order valence-corrected chi connectivity index (χ2v) is 6.70. The summed E-state index contributed by atoms with van der Waals surface area (Å²) in [4.78, 5) is 0.141. The minimum absolute atomic E-state index is 0.141. The molecule has 19 heavy (non-hydrogen) atoms. The Hall–Kier alpha value is -0.610. The van der Waals surface area contributed by atoms with Gasteiger partial charge in [0, 0.05) is 11.8 Å². The van der Waals surface area contributed by atoms with Crippen LogP contribution in [0.4, 0.5) is 8.78 Å². The first kappa shape index (κ1) is 16.4. The molecule has 1 aromatic rings. The SMILES string of the molecule is CCC(C)Sc1c(F)cc(CNCC(C)C)cc1F. The molecule has 0 radical (unpaired) electrons. The van der Waals surface area contributed by atoms with Gasteiger partial charge in [0.05, 0.1) is 4.90 Å². The number of rotatable bonds is 7. The largest absolute Gasteiger partial charge is 0.312 e. The zero-order valence-corrected chi connectivity index (χ0v) is 12.9. The van der Waals surface area contributed by atoms with Crippen LogP contribution in [0, 0.1) is 17.6 Å². The molecule has 0 saturated carbocycles. The zero-order chi connectivity index (χ0) is 14.4. The number of hydrogen-bond donors (Lipinski definition) is 1. The normalized spacial score (nSPS) is 13.0. The maximum absolute atomic E-state index is 13.9. The fourth-order valence-corrected chi connectivity index (χ4v) is 2.53. The van der Waals surface area contributed by atoms with Gasteiger partial charge in [-0.05, 0) is 36.6 Å². The molecule has 0 amide bonds. The molecule has 1 N–H and O–H groups in total. The molecule has 0 fully saturated rings. The molecule has 1 rings (SSSR count). The van der Waals surface area contributed by atoms with Crippen molar-refractivity contribution in [2.45, 2.75) is 50.8 Å². The third-order valence-electron chi connectivity index (χ3n) is 2.83. The van der Waals surface area contributed by atoms with Gasteiger partial charge in [0.1, 0.15) is 11.6 Å². The fraction of sp³-hybridized carbons (Fsp3) is 0.600. The topological polar surface area (TPSA) is 12.0 Å². The van der Waals surface area contributed by atoms with E-state index < -0.39 is 11.6 Å². The first-order valence-electron chi connectivity index (χ1n) is 6.79. The quantitative estimate of drug-likeness (QED) is 0.735. The van der Waals surface area contributed by atoms with Gasteiger partial charge >= 0.3 is 0 Å². The molecule has 1 atom stereocenters. The molecule has 108 valence electrons. The Bertz CT molecular complexity index is 384. The van der Waals surface area contributed by atoms with Crippen molar-refractivity contribution in [3.05, 3.63) is 29.3 Å². The Morgan fingerprint density at radius 1 is 1.16 bits per heavy atom. The lowest BCUT2D eigenvalue weighted by molar-refractivity contribution is 0.525. The van der Waals surface area contributed by atoms with E-state index in [1.165, 1.54) is 23.9 Å². The van der Waals surface area contributed by atoms with Crippen molar-refractivity contribution in [3.63, 3.8) is 0 Å². The van der Waals surface area contributed by atoms with Gasteiger partial charge in [0.15, 0.2) is 0 Å². The van der Waals surface area contributed by atoms with Gasteiger partial charge in [0.2, 0.25) is 0 Å². The number of nitrogens with one attached hydrogen (secondary N) is 1. The molecule has 0 aliphatic heterocycles. The molecular weight excluding hydrogens is 264 g/mol. The maximum atomic E-state index is 13.9. The first-order chi connectivity index (χ1) is 8.93. The smallest absolute Gasteiger partial charge is 0.140 e. The second-order valence-electron chi connectivity index (χ2n) is 5.25. The van der Waals surface area contributed by atoms with Crippen LogP contribution in [0.15, 0.2) is 17.0 Å². The van der Waals surface area contributed by atoms with Gasteiger partial charge in [-0.1, -0.05) is 27.7 Å². The van der Waals surface area contributed by atoms with Crippen LogP contribution in [-0.4, -0.2) is 11.8 Å². The molecule has 0 spiro atoms. The fourth-order valence-electron chi connectivity index (χ4n) is 1.62. The summed E-state index contributed by atoms with van der Waals surface area (Å²) in [6.07, 6.45) is 0.890. The standard InChI is InChI=1S/C15H23F2NS/c1-5-11(4)19-15-13(16)6-12(7-14(15)17)9-18-8-10(2)3/h6-7,10-11,18H,5,8-9H2,1-4H3. The molecule has 0 aliphatic rings. The Balaban J connectivity index is 2.73. The number of halogens is 2. The zero-order valence-electron chi connectivity index (χ0n) is 12.1. The minimum Gasteiger partial charge on any atom is -0.312 e. The molecule has 4 heteroatoms. The molecule has 0 aliphatic carbocycles. The van der Waals surface area contributed by atoms with E-state index in [9.17, 15) is 8.78 Å². The highest BCUT2D eigenvalue weighted by atomic mass is 32.2. The van der Waals surface area contributed by atoms with E-state index in [2.05, 4.69) is 19.2 Å². The highest BCUT2D eigenvalue weighted by Gasteiger charge is 2.14. The summed E-state index contributed by atoms with van der Waals surface area (Å²) in [5.74, 6) is -0.381. The number of hydrogen-bond acceptors (Lipinski definition) is 2. The van der Waals surface area contributed by atoms with E-state index in [4.69, 9.17) is 0 Å². The van der Waals surface area contributed by atoms with Crippen molar-refractivity contribution < 1.29 is 8.78 Å². The van der Waals surface area contributed by atoms with Gasteiger partial charge in [0.25, 0.3) is 0 Å². The first-order valence-corrected chi connectivity index (χ1v) is 7.67. The van der Waals surface area contributed by atoms with Crippen LogP contribution < -0.4 is 5.32 Å². The van der Waals surface area contributed by atoms with Crippen LogP contribution in [0.25, 0.3) is 0 Å². The average Bonchev–Trinajstić information content (AvgIpc) is 2.33. The summed E-state index contributed by atoms with van der Waals surface area (Å²) in [6.45, 7) is 9.52. The molecule has 1 aromatic carbocycles. The van der Waals surface area contributed by atoms with Gasteiger partial charge in [-0.3, -0.25) is 0 Å². The predicted octanol–water partition coefficient (Wildman–Crippen LogP) is 4.60. The van der Waals surface area contributed by atoms with Gasteiger partial charge in [-0.15, -0.1) is 11.8 Å². The summed E-state index contributed by atoms with van der Waals surface area (Å²) in [6, 6.07) is 2.86. The maximum Gasteiger partial charge on any atom is 0.140 e.